The summed E-state index contributed by atoms with van der Waals surface area (Å²) >= 11 is 0. The molecular weight excluding hydrogens is 785 g/mol. The summed E-state index contributed by atoms with van der Waals surface area (Å²) in [4.78, 5) is 70.0. The predicted molar refractivity (Wildman–Crippen MR) is 243 cm³/mol. The third-order valence-corrected chi connectivity index (χ3v) is 12.0. The van der Waals surface area contributed by atoms with Gasteiger partial charge in [-0.15, -0.1) is 5.10 Å². The van der Waals surface area contributed by atoms with Crippen LogP contribution in [0.15, 0.2) is 59.7 Å². The Bertz CT molecular complexity index is 2420. The number of aryl methyl sites for hydroxylation is 2. The topological polar surface area (TPSA) is 192 Å². The third kappa shape index (κ3) is 10.8. The molecule has 2 fully saturated rings. The molecule has 1 aliphatic carbocycles. The maximum absolute atomic E-state index is 13.6. The average Bonchev–Trinajstić information content (AvgIpc) is 3.79. The first-order chi connectivity index (χ1) is 30.0. The predicted octanol–water partition coefficient (Wildman–Crippen LogP) is 6.52. The molecule has 4 aromatic heterocycles. The van der Waals surface area contributed by atoms with Gasteiger partial charge in [-0.1, -0.05) is 38.2 Å². The van der Waals surface area contributed by atoms with E-state index < -0.39 is 0 Å². The number of anilines is 5. The number of nitrogens with one attached hydrogen (secondary N) is 4. The van der Waals surface area contributed by atoms with Gasteiger partial charge in [0.15, 0.2) is 11.6 Å². The molecule has 326 valence electrons. The Kier molecular flexibility index (Phi) is 14.5. The number of unbranched alkanes of at least 4 members (excludes halogenated alkanes) is 4. The summed E-state index contributed by atoms with van der Waals surface area (Å²) < 4.78 is 1.71. The van der Waals surface area contributed by atoms with Gasteiger partial charge in [-0.2, -0.15) is 10.1 Å². The van der Waals surface area contributed by atoms with E-state index >= 15 is 0 Å². The van der Waals surface area contributed by atoms with Crippen LogP contribution in [0.5, 0.6) is 0 Å². The number of hydrogen-bond donors (Lipinski definition) is 4. The van der Waals surface area contributed by atoms with Crippen LogP contribution < -0.4 is 31.7 Å². The molecule has 0 bridgehead atoms. The number of Topliss-reactive ketones (excluding diaryl/α,β-unsaturated/α-hetero) is 1. The molecule has 2 amide bonds. The van der Waals surface area contributed by atoms with Crippen LogP contribution in [0.25, 0.3) is 11.0 Å². The molecule has 2 aliphatic rings. The quantitative estimate of drug-likeness (QED) is 0.0552. The highest BCUT2D eigenvalue weighted by Gasteiger charge is 2.26. The smallest absolute Gasteiger partial charge is 0.263 e. The fourth-order valence-corrected chi connectivity index (χ4v) is 8.45. The Morgan fingerprint density at radius 1 is 0.790 bits per heavy atom. The van der Waals surface area contributed by atoms with E-state index in [2.05, 4.69) is 51.2 Å². The second-order valence-corrected chi connectivity index (χ2v) is 16.4. The van der Waals surface area contributed by atoms with E-state index in [1.165, 1.54) is 6.92 Å². The van der Waals surface area contributed by atoms with Crippen molar-refractivity contribution in [1.82, 2.24) is 39.9 Å². The third-order valence-electron chi connectivity index (χ3n) is 12.0. The van der Waals surface area contributed by atoms with E-state index in [4.69, 9.17) is 4.98 Å². The van der Waals surface area contributed by atoms with Crippen molar-refractivity contribution in [2.24, 2.45) is 0 Å². The second kappa shape index (κ2) is 20.5. The largest absolute Gasteiger partial charge is 0.385 e. The average molecular weight is 843 g/mol. The monoisotopic (exact) mass is 842 g/mol. The second-order valence-electron chi connectivity index (χ2n) is 16.4. The van der Waals surface area contributed by atoms with Gasteiger partial charge in [0.25, 0.3) is 11.5 Å². The Hall–Kier alpha value is -6.29. The van der Waals surface area contributed by atoms with Gasteiger partial charge in [0.2, 0.25) is 11.9 Å². The van der Waals surface area contributed by atoms with Crippen LogP contribution in [0.3, 0.4) is 0 Å². The molecule has 0 radical (unpaired) electrons. The standard InChI is InChI=1S/C46H58N12O4/c1-30-17-19-40(55-54-30)51-44(61)36-15-12-16-38(31(36)2)47-21-10-6-5-7-11-22-48-41(60)29-56-23-25-57(26-24-56)35-18-20-39(49-27-35)52-46-50-28-37-32(3)42(33(4)59)45(62)58(43(37)53-46)34-13-8-9-14-34/h12,15-20,27-28,34,47H,5-11,13-14,21-26,29H2,1-4H3,(H,48,60)(H,51,55,61)(H,49,50,52,53). The van der Waals surface area contributed by atoms with Crippen LogP contribution in [-0.4, -0.2) is 98.0 Å². The van der Waals surface area contributed by atoms with E-state index in [-0.39, 0.29) is 34.8 Å². The summed E-state index contributed by atoms with van der Waals surface area (Å²) in [5.41, 5.74) is 5.31. The van der Waals surface area contributed by atoms with Gasteiger partial charge in [-0.05, 0) is 101 Å². The number of nitrogens with zero attached hydrogens (tertiary/aromatic N) is 8. The summed E-state index contributed by atoms with van der Waals surface area (Å²) in [6.45, 7) is 12.0. The molecule has 62 heavy (non-hydrogen) atoms. The zero-order chi connectivity index (χ0) is 43.6. The van der Waals surface area contributed by atoms with Crippen molar-refractivity contribution < 1.29 is 14.4 Å². The molecule has 5 aromatic rings. The number of fused-ring (bicyclic) bond motifs is 1. The van der Waals surface area contributed by atoms with Crippen molar-refractivity contribution in [2.45, 2.75) is 91.5 Å². The number of carbonyl (C=O) groups excluding carboxylic acids is 3. The molecule has 1 aromatic carbocycles. The number of carbonyl (C=O) groups is 3. The molecule has 1 saturated heterocycles. The summed E-state index contributed by atoms with van der Waals surface area (Å²) in [5.74, 6) is 0.947. The fraction of sp³-hybridized carbons (Fsp3) is 0.457. The Labute approximate surface area is 362 Å². The van der Waals surface area contributed by atoms with Crippen molar-refractivity contribution in [1.29, 1.82) is 0 Å². The molecule has 0 spiro atoms. The summed E-state index contributed by atoms with van der Waals surface area (Å²) in [6.07, 6.45) is 12.5. The van der Waals surface area contributed by atoms with Crippen molar-refractivity contribution in [3.8, 4) is 0 Å². The van der Waals surface area contributed by atoms with Crippen LogP contribution in [0.4, 0.5) is 29.0 Å². The molecule has 4 N–H and O–H groups in total. The van der Waals surface area contributed by atoms with Crippen molar-refractivity contribution in [3.63, 3.8) is 0 Å². The van der Waals surface area contributed by atoms with Gasteiger partial charge in [0.05, 0.1) is 29.7 Å². The number of aromatic nitrogens is 6. The number of ketones is 1. The lowest BCUT2D eigenvalue weighted by Crippen LogP contribution is -2.49. The van der Waals surface area contributed by atoms with Crippen LogP contribution >= 0.6 is 0 Å². The maximum atomic E-state index is 13.6. The lowest BCUT2D eigenvalue weighted by Gasteiger charge is -2.35. The Morgan fingerprint density at radius 3 is 2.24 bits per heavy atom. The zero-order valence-corrected chi connectivity index (χ0v) is 36.3. The van der Waals surface area contributed by atoms with Crippen LogP contribution in [0, 0.1) is 20.8 Å². The zero-order valence-electron chi connectivity index (χ0n) is 36.3. The summed E-state index contributed by atoms with van der Waals surface area (Å²) in [7, 11) is 0. The lowest BCUT2D eigenvalue weighted by atomic mass is 10.0. The first-order valence-corrected chi connectivity index (χ1v) is 21.9. The Balaban J connectivity index is 0.781. The van der Waals surface area contributed by atoms with Gasteiger partial charge >= 0.3 is 0 Å². The van der Waals surface area contributed by atoms with E-state index in [1.54, 1.807) is 23.8 Å². The van der Waals surface area contributed by atoms with Crippen molar-refractivity contribution >= 4 is 57.6 Å². The highest BCUT2D eigenvalue weighted by atomic mass is 16.2. The maximum Gasteiger partial charge on any atom is 0.263 e. The molecule has 0 unspecified atom stereocenters. The molecule has 1 saturated carbocycles. The van der Waals surface area contributed by atoms with Crippen LogP contribution in [0.2, 0.25) is 0 Å². The Morgan fingerprint density at radius 2 is 1.53 bits per heavy atom. The summed E-state index contributed by atoms with van der Waals surface area (Å²) in [6, 6.07) is 13.2. The molecule has 1 aliphatic heterocycles. The normalized spacial score (nSPS) is 14.5. The van der Waals surface area contributed by atoms with Gasteiger partial charge in [-0.25, -0.2) is 9.97 Å². The van der Waals surface area contributed by atoms with E-state index in [0.717, 1.165) is 113 Å². The van der Waals surface area contributed by atoms with Gasteiger partial charge in [-0.3, -0.25) is 28.6 Å². The van der Waals surface area contributed by atoms with Gasteiger partial charge < -0.3 is 26.2 Å². The molecular formula is C46H58N12O4. The number of rotatable bonds is 18. The minimum atomic E-state index is -0.276. The number of piperazine rings is 1. The van der Waals surface area contributed by atoms with Crippen LogP contribution in [-0.2, 0) is 4.79 Å². The summed E-state index contributed by atoms with van der Waals surface area (Å²) in [5, 5.41) is 21.3. The fourth-order valence-electron chi connectivity index (χ4n) is 8.45. The minimum Gasteiger partial charge on any atom is -0.385 e. The number of amides is 2. The van der Waals surface area contributed by atoms with E-state index in [1.807, 2.05) is 56.4 Å². The first kappa shape index (κ1) is 43.8. The minimum absolute atomic E-state index is 0.00751. The van der Waals surface area contributed by atoms with Crippen LogP contribution in [0.1, 0.15) is 108 Å². The molecule has 0 atom stereocenters. The number of pyridine rings is 2. The van der Waals surface area contributed by atoms with Crippen molar-refractivity contribution in [3.05, 3.63) is 93.2 Å². The van der Waals surface area contributed by atoms with E-state index in [0.29, 0.717) is 52.8 Å². The molecule has 16 nitrogen and oxygen atoms in total. The first-order valence-electron chi connectivity index (χ1n) is 21.9. The van der Waals surface area contributed by atoms with Gasteiger partial charge in [0.1, 0.15) is 11.5 Å². The highest BCUT2D eigenvalue weighted by molar-refractivity contribution is 6.05. The van der Waals surface area contributed by atoms with E-state index in [9.17, 15) is 19.2 Å². The van der Waals surface area contributed by atoms with Gasteiger partial charge in [0, 0.05) is 68.1 Å². The molecule has 5 heterocycles. The number of hydrogen-bond acceptors (Lipinski definition) is 13. The molecule has 16 heteroatoms. The molecule has 7 rings (SSSR count). The number of benzene rings is 1. The lowest BCUT2D eigenvalue weighted by molar-refractivity contribution is -0.122. The SMILES string of the molecule is CC(=O)c1c(C)c2cnc(Nc3ccc(N4CCN(CC(=O)NCCCCCCCNc5cccc(C(=O)Nc6ccc(C)nn6)c5C)CC4)cn3)nc2n(C2CCCC2)c1=O. The highest BCUT2D eigenvalue weighted by Crippen LogP contribution is 2.32. The van der Waals surface area contributed by atoms with Crippen molar-refractivity contribution in [2.75, 3.05) is 66.7 Å².